The minimum atomic E-state index is -0.931. The molecule has 15 heavy (non-hydrogen) atoms. The van der Waals surface area contributed by atoms with E-state index in [1.54, 1.807) is 12.1 Å². The van der Waals surface area contributed by atoms with Gasteiger partial charge in [0.25, 0.3) is 0 Å². The zero-order valence-corrected chi connectivity index (χ0v) is 8.27. The number of benzene rings is 1. The summed E-state index contributed by atoms with van der Waals surface area (Å²) in [4.78, 5) is 10.6. The summed E-state index contributed by atoms with van der Waals surface area (Å²) in [5.74, 6) is -0.268. The predicted octanol–water partition coefficient (Wildman–Crippen LogP) is 1.25. The molecule has 0 heterocycles. The second kappa shape index (κ2) is 3.55. The second-order valence-electron chi connectivity index (χ2n) is 3.98. The highest BCUT2D eigenvalue weighted by atomic mass is 16.5. The maximum atomic E-state index is 10.6. The predicted molar refractivity (Wildman–Crippen MR) is 55.0 cm³/mol. The van der Waals surface area contributed by atoms with Gasteiger partial charge >= 0.3 is 5.97 Å². The van der Waals surface area contributed by atoms with Crippen molar-refractivity contribution >= 4 is 5.97 Å². The van der Waals surface area contributed by atoms with Crippen molar-refractivity contribution in [3.63, 3.8) is 0 Å². The van der Waals surface area contributed by atoms with Gasteiger partial charge in [0.1, 0.15) is 12.4 Å². The monoisotopic (exact) mass is 207 g/mol. The fraction of sp³-hybridized carbons (Fsp3) is 0.364. The minimum Gasteiger partial charge on any atom is -0.492 e. The Morgan fingerprint density at radius 3 is 2.47 bits per heavy atom. The van der Waals surface area contributed by atoms with Crippen LogP contribution in [0.5, 0.6) is 5.75 Å². The Balaban J connectivity index is 1.95. The van der Waals surface area contributed by atoms with Gasteiger partial charge in [-0.15, -0.1) is 0 Å². The van der Waals surface area contributed by atoms with E-state index >= 15 is 0 Å². The third kappa shape index (κ3) is 2.47. The number of ether oxygens (including phenoxy) is 1. The van der Waals surface area contributed by atoms with Gasteiger partial charge in [-0.2, -0.15) is 0 Å². The molecule has 80 valence electrons. The molecule has 4 heteroatoms. The quantitative estimate of drug-likeness (QED) is 0.779. The Morgan fingerprint density at radius 1 is 1.40 bits per heavy atom. The molecular formula is C11H13NO3. The number of carbonyl (C=O) groups is 1. The summed E-state index contributed by atoms with van der Waals surface area (Å²) in [5.41, 5.74) is 5.97. The van der Waals surface area contributed by atoms with Gasteiger partial charge in [-0.05, 0) is 37.1 Å². The van der Waals surface area contributed by atoms with Crippen LogP contribution in [0, 0.1) is 0 Å². The number of carboxylic acids is 1. The van der Waals surface area contributed by atoms with Crippen LogP contribution in [0.2, 0.25) is 0 Å². The first-order chi connectivity index (χ1) is 7.09. The molecule has 1 saturated carbocycles. The van der Waals surface area contributed by atoms with E-state index in [0.29, 0.717) is 12.4 Å². The lowest BCUT2D eigenvalue weighted by atomic mass is 10.2. The smallest absolute Gasteiger partial charge is 0.335 e. The summed E-state index contributed by atoms with van der Waals surface area (Å²) >= 11 is 0. The first-order valence-electron chi connectivity index (χ1n) is 4.84. The molecule has 0 aromatic heterocycles. The Labute approximate surface area is 87.7 Å². The van der Waals surface area contributed by atoms with E-state index in [-0.39, 0.29) is 11.1 Å². The third-order valence-electron chi connectivity index (χ3n) is 2.52. The van der Waals surface area contributed by atoms with Gasteiger partial charge in [-0.25, -0.2) is 4.79 Å². The number of hydrogen-bond donors (Lipinski definition) is 2. The number of aromatic carboxylic acids is 1. The molecular weight excluding hydrogens is 194 g/mol. The van der Waals surface area contributed by atoms with Gasteiger partial charge in [0, 0.05) is 0 Å². The third-order valence-corrected chi connectivity index (χ3v) is 2.52. The maximum Gasteiger partial charge on any atom is 0.335 e. The molecule has 0 bridgehead atoms. The zero-order chi connectivity index (χ0) is 10.9. The van der Waals surface area contributed by atoms with Crippen molar-refractivity contribution < 1.29 is 14.6 Å². The fourth-order valence-corrected chi connectivity index (χ4v) is 1.23. The molecule has 0 unspecified atom stereocenters. The summed E-state index contributed by atoms with van der Waals surface area (Å²) in [5, 5.41) is 8.68. The van der Waals surface area contributed by atoms with Gasteiger partial charge in [0.2, 0.25) is 0 Å². The highest BCUT2D eigenvalue weighted by Crippen LogP contribution is 2.32. The molecule has 0 saturated heterocycles. The summed E-state index contributed by atoms with van der Waals surface area (Å²) in [6.07, 6.45) is 2.00. The molecule has 1 fully saturated rings. The van der Waals surface area contributed by atoms with Crippen LogP contribution in [0.4, 0.5) is 0 Å². The second-order valence-corrected chi connectivity index (χ2v) is 3.98. The van der Waals surface area contributed by atoms with Gasteiger partial charge in [-0.1, -0.05) is 0 Å². The van der Waals surface area contributed by atoms with E-state index in [1.807, 2.05) is 0 Å². The first-order valence-corrected chi connectivity index (χ1v) is 4.84. The summed E-state index contributed by atoms with van der Waals surface area (Å²) in [6.45, 7) is 0.499. The molecule has 0 amide bonds. The average molecular weight is 207 g/mol. The molecule has 0 aliphatic heterocycles. The average Bonchev–Trinajstić information content (AvgIpc) is 2.95. The minimum absolute atomic E-state index is 0.147. The van der Waals surface area contributed by atoms with Crippen molar-refractivity contribution in [2.24, 2.45) is 5.73 Å². The standard InChI is InChI=1S/C11H13NO3/c12-11(5-6-11)7-15-9-3-1-8(2-4-9)10(13)14/h1-4H,5-7,12H2,(H,13,14). The van der Waals surface area contributed by atoms with Crippen LogP contribution in [0.3, 0.4) is 0 Å². The zero-order valence-electron chi connectivity index (χ0n) is 8.27. The van der Waals surface area contributed by atoms with Crippen LogP contribution in [0.1, 0.15) is 23.2 Å². The number of hydrogen-bond acceptors (Lipinski definition) is 3. The Hall–Kier alpha value is -1.55. The van der Waals surface area contributed by atoms with Crippen molar-refractivity contribution in [3.05, 3.63) is 29.8 Å². The van der Waals surface area contributed by atoms with E-state index < -0.39 is 5.97 Å². The highest BCUT2D eigenvalue weighted by molar-refractivity contribution is 5.87. The number of nitrogens with two attached hydrogens (primary N) is 1. The molecule has 1 aromatic carbocycles. The van der Waals surface area contributed by atoms with E-state index in [2.05, 4.69) is 0 Å². The first kappa shape index (κ1) is 9.98. The van der Waals surface area contributed by atoms with Crippen molar-refractivity contribution in [1.29, 1.82) is 0 Å². The molecule has 1 aromatic rings. The van der Waals surface area contributed by atoms with E-state index in [1.165, 1.54) is 12.1 Å². The number of carboxylic acid groups (broad SMARTS) is 1. The Morgan fingerprint density at radius 2 is 2.00 bits per heavy atom. The van der Waals surface area contributed by atoms with Gasteiger partial charge in [0.05, 0.1) is 11.1 Å². The SMILES string of the molecule is NC1(COc2ccc(C(=O)O)cc2)CC1. The van der Waals surface area contributed by atoms with E-state index in [9.17, 15) is 4.79 Å². The molecule has 4 nitrogen and oxygen atoms in total. The summed E-state index contributed by atoms with van der Waals surface area (Å²) < 4.78 is 5.45. The molecule has 0 radical (unpaired) electrons. The maximum absolute atomic E-state index is 10.6. The molecule has 1 aliphatic rings. The van der Waals surface area contributed by atoms with Crippen LogP contribution in [0.25, 0.3) is 0 Å². The lowest BCUT2D eigenvalue weighted by Crippen LogP contribution is -2.29. The fourth-order valence-electron chi connectivity index (χ4n) is 1.23. The van der Waals surface area contributed by atoms with Crippen LogP contribution >= 0.6 is 0 Å². The van der Waals surface area contributed by atoms with Crippen molar-refractivity contribution in [2.75, 3.05) is 6.61 Å². The molecule has 1 aliphatic carbocycles. The lowest BCUT2D eigenvalue weighted by Gasteiger charge is -2.10. The number of rotatable bonds is 4. The highest BCUT2D eigenvalue weighted by Gasteiger charge is 2.39. The molecule has 0 spiro atoms. The van der Waals surface area contributed by atoms with Crippen molar-refractivity contribution in [2.45, 2.75) is 18.4 Å². The summed E-state index contributed by atoms with van der Waals surface area (Å²) in [6, 6.07) is 6.34. The Bertz CT molecular complexity index is 368. The van der Waals surface area contributed by atoms with Crippen LogP contribution in [0.15, 0.2) is 24.3 Å². The van der Waals surface area contributed by atoms with Crippen LogP contribution < -0.4 is 10.5 Å². The van der Waals surface area contributed by atoms with Crippen LogP contribution in [-0.4, -0.2) is 23.2 Å². The molecule has 3 N–H and O–H groups in total. The Kier molecular flexibility index (Phi) is 2.36. The van der Waals surface area contributed by atoms with E-state index in [4.69, 9.17) is 15.6 Å². The summed E-state index contributed by atoms with van der Waals surface area (Å²) in [7, 11) is 0. The van der Waals surface area contributed by atoms with Gasteiger partial charge < -0.3 is 15.6 Å². The van der Waals surface area contributed by atoms with Crippen molar-refractivity contribution in [3.8, 4) is 5.75 Å². The molecule has 2 rings (SSSR count). The lowest BCUT2D eigenvalue weighted by molar-refractivity contribution is 0.0697. The van der Waals surface area contributed by atoms with E-state index in [0.717, 1.165) is 12.8 Å². The van der Waals surface area contributed by atoms with Gasteiger partial charge in [0.15, 0.2) is 0 Å². The van der Waals surface area contributed by atoms with Crippen LogP contribution in [-0.2, 0) is 0 Å². The largest absolute Gasteiger partial charge is 0.492 e. The molecule has 0 atom stereocenters. The van der Waals surface area contributed by atoms with Crippen molar-refractivity contribution in [1.82, 2.24) is 0 Å². The van der Waals surface area contributed by atoms with Gasteiger partial charge in [-0.3, -0.25) is 0 Å². The topological polar surface area (TPSA) is 72.5 Å². The normalized spacial score (nSPS) is 17.1.